The van der Waals surface area contributed by atoms with E-state index in [1.807, 2.05) is 0 Å². The Bertz CT molecular complexity index is 579. The Kier molecular flexibility index (Phi) is 0.798. The third-order valence-corrected chi connectivity index (χ3v) is 1.41. The second-order valence-electron chi connectivity index (χ2n) is 1.83. The molecule has 2 nitrogen and oxygen atoms in total. The van der Waals surface area contributed by atoms with E-state index in [0.717, 1.165) is 0 Å². The van der Waals surface area contributed by atoms with E-state index in [-0.39, 0.29) is 4.47 Å². The Morgan fingerprint density at radius 2 is 2.08 bits per heavy atom. The van der Waals surface area contributed by atoms with Crippen LogP contribution in [-0.2, 0) is 0 Å². The van der Waals surface area contributed by atoms with Gasteiger partial charge in [0.15, 0.2) is 0 Å². The average molecular weight is 238 g/mol. The lowest BCUT2D eigenvalue weighted by molar-refractivity contribution is 0.0827. The first-order chi connectivity index (χ1) is 9.71. The summed E-state index contributed by atoms with van der Waals surface area (Å²) in [5, 5.41) is 0. The second kappa shape index (κ2) is 3.72. The van der Waals surface area contributed by atoms with Crippen molar-refractivity contribution >= 4 is 21.8 Å². The van der Waals surface area contributed by atoms with E-state index in [2.05, 4.69) is 15.9 Å². The fourth-order valence-electron chi connectivity index (χ4n) is 0.516. The van der Waals surface area contributed by atoms with Crippen molar-refractivity contribution in [2.45, 2.75) is 0 Å². The largest absolute Gasteiger partial charge is 0.345 e. The van der Waals surface area contributed by atoms with E-state index in [4.69, 9.17) is 13.7 Å². The Hall–Kier alpha value is -0.830. The molecule has 0 heterocycles. The minimum absolute atomic E-state index is 0.214. The Labute approximate surface area is 94.4 Å². The summed E-state index contributed by atoms with van der Waals surface area (Å²) >= 11 is 2.82. The Balaban J connectivity index is 3.65. The fraction of sp³-hybridized carbons (Fsp3) is 0.222. The maximum absolute atomic E-state index is 12.3. The molecule has 1 rings (SSSR count). The van der Waals surface area contributed by atoms with Crippen LogP contribution in [0.25, 0.3) is 0 Å². The number of benzene rings is 1. The molecule has 0 aliphatic heterocycles. The molecular weight excluding hydrogens is 218 g/mol. The summed E-state index contributed by atoms with van der Waals surface area (Å²) in [6.45, 7) is -6.67. The molecule has 0 saturated carbocycles. The van der Waals surface area contributed by atoms with Crippen LogP contribution in [0.5, 0.6) is 0 Å². The number of amides is 1. The predicted molar refractivity (Wildman–Crippen MR) is 52.2 cm³/mol. The van der Waals surface area contributed by atoms with Gasteiger partial charge >= 0.3 is 0 Å². The highest BCUT2D eigenvalue weighted by Gasteiger charge is 2.05. The molecule has 0 fully saturated rings. The van der Waals surface area contributed by atoms with Gasteiger partial charge in [-0.15, -0.1) is 0 Å². The summed E-state index contributed by atoms with van der Waals surface area (Å²) in [7, 11) is 0. The van der Waals surface area contributed by atoms with Crippen LogP contribution in [0.3, 0.4) is 0 Å². The molecule has 0 unspecified atom stereocenters. The van der Waals surface area contributed by atoms with Crippen LogP contribution in [0.15, 0.2) is 28.6 Å². The van der Waals surface area contributed by atoms with E-state index in [1.54, 1.807) is 0 Å². The summed E-state index contributed by atoms with van der Waals surface area (Å²) in [5.41, 5.74) is -0.912. The maximum atomic E-state index is 12.3. The van der Waals surface area contributed by atoms with Gasteiger partial charge in [0.1, 0.15) is 0 Å². The number of carbonyl (C=O) groups is 1. The second-order valence-corrected chi connectivity index (χ2v) is 2.62. The van der Waals surface area contributed by atoms with Gasteiger partial charge in [0.25, 0.3) is 5.91 Å². The smallest absolute Gasteiger partial charge is 0.253 e. The predicted octanol–water partition coefficient (Wildman–Crippen LogP) is 2.15. The summed E-state index contributed by atoms with van der Waals surface area (Å²) in [6.07, 6.45) is 0. The Morgan fingerprint density at radius 3 is 2.58 bits per heavy atom. The van der Waals surface area contributed by atoms with Crippen LogP contribution >= 0.6 is 15.9 Å². The van der Waals surface area contributed by atoms with Crippen molar-refractivity contribution in [3.63, 3.8) is 0 Å². The van der Waals surface area contributed by atoms with Crippen LogP contribution < -0.4 is 0 Å². The summed E-state index contributed by atoms with van der Waals surface area (Å²) in [4.78, 5) is 11.9. The minimum Gasteiger partial charge on any atom is -0.345 e. The molecule has 0 bridgehead atoms. The molecule has 1 aromatic carbocycles. The van der Waals surface area contributed by atoms with Gasteiger partial charge in [-0.2, -0.15) is 0 Å². The first kappa shape index (κ1) is 2.58. The number of hydrogen-bond acceptors (Lipinski definition) is 1. The van der Waals surface area contributed by atoms with Crippen LogP contribution in [0.2, 0.25) is 0 Å². The molecule has 0 atom stereocenters. The van der Waals surface area contributed by atoms with Crippen molar-refractivity contribution in [1.82, 2.24) is 4.90 Å². The third kappa shape index (κ3) is 2.08. The van der Waals surface area contributed by atoms with Gasteiger partial charge in [0.2, 0.25) is 0 Å². The number of nitrogens with zero attached hydrogens (tertiary/aromatic N) is 1. The van der Waals surface area contributed by atoms with Crippen LogP contribution in [-0.4, -0.2) is 24.8 Å². The van der Waals surface area contributed by atoms with E-state index < -0.39 is 54.5 Å². The van der Waals surface area contributed by atoms with E-state index in [1.165, 1.54) is 0 Å². The first-order valence-electron chi connectivity index (χ1n) is 7.81. The lowest BCUT2D eigenvalue weighted by atomic mass is 10.2. The molecule has 0 aliphatic carbocycles. The number of hydrogen-bond donors (Lipinski definition) is 0. The molecule has 0 aromatic heterocycles. The third-order valence-electron chi connectivity index (χ3n) is 1.01. The van der Waals surface area contributed by atoms with Crippen molar-refractivity contribution in [2.24, 2.45) is 0 Å². The first-order valence-corrected chi connectivity index (χ1v) is 3.61. The molecule has 0 spiro atoms. The zero-order valence-corrected chi connectivity index (χ0v) is 7.32. The normalized spacial score (nSPS) is 23.8. The highest BCUT2D eigenvalue weighted by molar-refractivity contribution is 9.10. The summed E-state index contributed by atoms with van der Waals surface area (Å²) in [5.74, 6) is -1.62. The number of halogens is 1. The van der Waals surface area contributed by atoms with Gasteiger partial charge in [-0.25, -0.2) is 0 Å². The quantitative estimate of drug-likeness (QED) is 0.734. The van der Waals surface area contributed by atoms with Gasteiger partial charge in [-0.05, 0) is 24.2 Å². The van der Waals surface area contributed by atoms with Gasteiger partial charge < -0.3 is 4.90 Å². The number of rotatable bonds is 1. The van der Waals surface area contributed by atoms with Gasteiger partial charge in [0.05, 0.1) is 5.48 Å². The zero-order valence-electron chi connectivity index (χ0n) is 15.7. The molecule has 0 saturated heterocycles. The summed E-state index contributed by atoms with van der Waals surface area (Å²) in [6, 6.07) is -2.87. The lowest BCUT2D eigenvalue weighted by Crippen LogP contribution is -2.21. The monoisotopic (exact) mass is 237 g/mol. The SMILES string of the molecule is [2H]c1c([2H])c(C(=O)N(C([2H])([2H])[2H])C([2H])([2H])[2H])c([2H])c([2H])c1Br. The number of carbonyl (C=O) groups excluding carboxylic acids is 1. The topological polar surface area (TPSA) is 20.3 Å². The van der Waals surface area contributed by atoms with E-state index in [0.29, 0.717) is 0 Å². The van der Waals surface area contributed by atoms with Gasteiger partial charge in [0, 0.05) is 32.2 Å². The van der Waals surface area contributed by atoms with E-state index in [9.17, 15) is 4.79 Å². The van der Waals surface area contributed by atoms with Crippen LogP contribution in [0.1, 0.15) is 24.1 Å². The van der Waals surface area contributed by atoms with E-state index >= 15 is 0 Å². The molecule has 0 radical (unpaired) electrons. The van der Waals surface area contributed by atoms with Crippen LogP contribution in [0.4, 0.5) is 0 Å². The molecule has 12 heavy (non-hydrogen) atoms. The maximum Gasteiger partial charge on any atom is 0.253 e. The molecule has 1 aromatic rings. The molecule has 64 valence electrons. The molecule has 1 amide bonds. The summed E-state index contributed by atoms with van der Waals surface area (Å²) < 4.78 is 73.3. The van der Waals surface area contributed by atoms with Crippen molar-refractivity contribution in [1.29, 1.82) is 0 Å². The molecule has 0 N–H and O–H groups in total. The zero-order chi connectivity index (χ0) is 17.6. The highest BCUT2D eigenvalue weighted by Crippen LogP contribution is 2.11. The standard InChI is InChI=1S/C9H10BrNO/c1-11(2)9(12)7-3-5-8(10)6-4-7/h3-6H,1-2H3/i1D3,2D3,3D,4D,5D,6D. The Morgan fingerprint density at radius 1 is 1.50 bits per heavy atom. The van der Waals surface area contributed by atoms with Crippen LogP contribution in [0, 0.1) is 0 Å². The van der Waals surface area contributed by atoms with Gasteiger partial charge in [-0.3, -0.25) is 4.79 Å². The van der Waals surface area contributed by atoms with Crippen molar-refractivity contribution < 1.29 is 18.5 Å². The molecule has 0 aliphatic rings. The molecule has 3 heteroatoms. The van der Waals surface area contributed by atoms with Crippen molar-refractivity contribution in [3.8, 4) is 0 Å². The van der Waals surface area contributed by atoms with Crippen molar-refractivity contribution in [2.75, 3.05) is 14.0 Å². The fourth-order valence-corrected chi connectivity index (χ4v) is 0.714. The highest BCUT2D eigenvalue weighted by atomic mass is 79.9. The van der Waals surface area contributed by atoms with Gasteiger partial charge in [-0.1, -0.05) is 15.9 Å². The lowest BCUT2D eigenvalue weighted by Gasteiger charge is -2.09. The molecular formula is C9H10BrNO. The van der Waals surface area contributed by atoms with Crippen molar-refractivity contribution in [3.05, 3.63) is 34.2 Å². The average Bonchev–Trinajstić information content (AvgIpc) is 2.30. The minimum atomic E-state index is -3.33.